The van der Waals surface area contributed by atoms with Crippen molar-refractivity contribution in [3.05, 3.63) is 0 Å². The maximum atomic E-state index is 12.0. The average Bonchev–Trinajstić information content (AvgIpc) is 3.33. The van der Waals surface area contributed by atoms with E-state index in [0.717, 1.165) is 77.5 Å². The third kappa shape index (κ3) is 7.69. The molecule has 30 heavy (non-hydrogen) atoms. The van der Waals surface area contributed by atoms with E-state index in [4.69, 9.17) is 18.9 Å². The number of hydrogen-bond acceptors (Lipinski definition) is 5. The molecule has 3 aliphatic rings. The number of amides is 1. The molecule has 3 fully saturated rings. The highest BCUT2D eigenvalue weighted by Crippen LogP contribution is 2.47. The van der Waals surface area contributed by atoms with Gasteiger partial charge in [0.05, 0.1) is 12.2 Å². The van der Waals surface area contributed by atoms with Crippen molar-refractivity contribution in [2.75, 3.05) is 39.5 Å². The van der Waals surface area contributed by atoms with Gasteiger partial charge in [0.15, 0.2) is 0 Å². The van der Waals surface area contributed by atoms with Crippen molar-refractivity contribution in [2.24, 2.45) is 17.8 Å². The van der Waals surface area contributed by atoms with E-state index in [1.807, 2.05) is 25.7 Å². The van der Waals surface area contributed by atoms with Gasteiger partial charge in [-0.1, -0.05) is 13.3 Å². The summed E-state index contributed by atoms with van der Waals surface area (Å²) in [5, 5.41) is 0. The Morgan fingerprint density at radius 1 is 0.933 bits per heavy atom. The van der Waals surface area contributed by atoms with Gasteiger partial charge in [-0.25, -0.2) is 4.79 Å². The molecule has 0 aromatic heterocycles. The largest absolute Gasteiger partial charge is 0.444 e. The van der Waals surface area contributed by atoms with E-state index < -0.39 is 5.60 Å². The van der Waals surface area contributed by atoms with Crippen LogP contribution in [-0.4, -0.2) is 68.3 Å². The summed E-state index contributed by atoms with van der Waals surface area (Å²) in [5.41, 5.74) is -0.411. The molecular weight excluding hydrogens is 382 g/mol. The average molecular weight is 426 g/mol. The van der Waals surface area contributed by atoms with Crippen LogP contribution in [0.5, 0.6) is 0 Å². The van der Waals surface area contributed by atoms with Crippen molar-refractivity contribution in [2.45, 2.75) is 90.4 Å². The molecule has 0 aromatic rings. The number of unbranched alkanes of at least 4 members (excludes halogenated alkanes) is 2. The zero-order chi connectivity index (χ0) is 21.6. The van der Waals surface area contributed by atoms with Gasteiger partial charge in [-0.05, 0) is 77.0 Å². The number of rotatable bonds is 13. The molecule has 1 aliphatic heterocycles. The molecule has 0 N–H and O–H groups in total. The lowest BCUT2D eigenvalue weighted by atomic mass is 9.92. The topological polar surface area (TPSA) is 57.2 Å². The molecule has 0 bridgehead atoms. The summed E-state index contributed by atoms with van der Waals surface area (Å²) in [6.07, 6.45) is 8.55. The predicted molar refractivity (Wildman–Crippen MR) is 117 cm³/mol. The van der Waals surface area contributed by atoms with Crippen molar-refractivity contribution >= 4 is 6.09 Å². The van der Waals surface area contributed by atoms with Gasteiger partial charge in [0.1, 0.15) is 5.60 Å². The molecule has 6 heteroatoms. The number of hydrogen-bond donors (Lipinski definition) is 0. The molecule has 1 heterocycles. The van der Waals surface area contributed by atoms with E-state index >= 15 is 0 Å². The maximum absolute atomic E-state index is 12.0. The van der Waals surface area contributed by atoms with Crippen LogP contribution in [0.4, 0.5) is 4.79 Å². The Balaban J connectivity index is 1.10. The summed E-state index contributed by atoms with van der Waals surface area (Å²) < 4.78 is 23.0. The van der Waals surface area contributed by atoms with Crippen molar-refractivity contribution in [1.29, 1.82) is 0 Å². The van der Waals surface area contributed by atoms with Gasteiger partial charge in [0.2, 0.25) is 0 Å². The summed E-state index contributed by atoms with van der Waals surface area (Å²) in [5.74, 6) is 2.06. The van der Waals surface area contributed by atoms with Crippen LogP contribution in [0.15, 0.2) is 0 Å². The molecule has 1 saturated heterocycles. The first-order chi connectivity index (χ1) is 14.4. The quantitative estimate of drug-likeness (QED) is 0.402. The lowest BCUT2D eigenvalue weighted by molar-refractivity contribution is -0.102. The minimum atomic E-state index is -0.411. The molecule has 0 radical (unpaired) electrons. The highest BCUT2D eigenvalue weighted by Gasteiger charge is 2.48. The monoisotopic (exact) mass is 425 g/mol. The van der Waals surface area contributed by atoms with Crippen molar-refractivity contribution in [3.8, 4) is 0 Å². The number of ether oxygens (including phenoxy) is 4. The summed E-state index contributed by atoms with van der Waals surface area (Å²) >= 11 is 0. The molecule has 3 rings (SSSR count). The highest BCUT2D eigenvalue weighted by molar-refractivity contribution is 5.69. The van der Waals surface area contributed by atoms with E-state index in [-0.39, 0.29) is 6.09 Å². The smallest absolute Gasteiger partial charge is 0.410 e. The normalized spacial score (nSPS) is 28.7. The summed E-state index contributed by atoms with van der Waals surface area (Å²) in [4.78, 5) is 13.8. The molecule has 0 spiro atoms. The Bertz CT molecular complexity index is 522. The van der Waals surface area contributed by atoms with Gasteiger partial charge in [0, 0.05) is 39.5 Å². The number of carbonyl (C=O) groups excluding carboxylic acids is 1. The first-order valence-electron chi connectivity index (χ1n) is 12.1. The molecule has 6 nitrogen and oxygen atoms in total. The Morgan fingerprint density at radius 3 is 2.20 bits per heavy atom. The van der Waals surface area contributed by atoms with E-state index in [2.05, 4.69) is 6.92 Å². The number of likely N-dealkylation sites (tertiary alicyclic amines) is 1. The number of carbonyl (C=O) groups is 1. The third-order valence-electron chi connectivity index (χ3n) is 6.42. The SMILES string of the molecule is CCCCO[C@H]1C[C@@H](OCCCCOC[C@@H]2C[C@H]2C2CN(C(=O)OC(C)(C)C)C2)C1. The van der Waals surface area contributed by atoms with Crippen molar-refractivity contribution in [1.82, 2.24) is 4.90 Å². The van der Waals surface area contributed by atoms with E-state index in [1.54, 1.807) is 0 Å². The summed E-state index contributed by atoms with van der Waals surface area (Å²) in [6.45, 7) is 13.1. The lowest BCUT2D eigenvalue weighted by Gasteiger charge is -2.40. The van der Waals surface area contributed by atoms with Gasteiger partial charge in [-0.15, -0.1) is 0 Å². The van der Waals surface area contributed by atoms with Crippen LogP contribution < -0.4 is 0 Å². The van der Waals surface area contributed by atoms with Crippen molar-refractivity contribution in [3.63, 3.8) is 0 Å². The van der Waals surface area contributed by atoms with Gasteiger partial charge >= 0.3 is 6.09 Å². The molecule has 2 atom stereocenters. The summed E-state index contributed by atoms with van der Waals surface area (Å²) in [7, 11) is 0. The Hall–Kier alpha value is -0.850. The van der Waals surface area contributed by atoms with Crippen LogP contribution in [0.1, 0.15) is 72.6 Å². The second-order valence-corrected chi connectivity index (χ2v) is 10.4. The molecule has 1 amide bonds. The molecule has 0 unspecified atom stereocenters. The zero-order valence-electron chi connectivity index (χ0n) is 19.6. The summed E-state index contributed by atoms with van der Waals surface area (Å²) in [6, 6.07) is 0. The highest BCUT2D eigenvalue weighted by atomic mass is 16.6. The van der Waals surface area contributed by atoms with Crippen molar-refractivity contribution < 1.29 is 23.7 Å². The van der Waals surface area contributed by atoms with Crippen LogP contribution in [0.25, 0.3) is 0 Å². The fourth-order valence-electron chi connectivity index (χ4n) is 4.27. The van der Waals surface area contributed by atoms with E-state index in [1.165, 1.54) is 12.8 Å². The zero-order valence-corrected chi connectivity index (χ0v) is 19.6. The van der Waals surface area contributed by atoms with Gasteiger partial charge < -0.3 is 23.8 Å². The minimum Gasteiger partial charge on any atom is -0.444 e. The van der Waals surface area contributed by atoms with E-state index in [9.17, 15) is 4.79 Å². The first kappa shape index (κ1) is 23.8. The van der Waals surface area contributed by atoms with E-state index in [0.29, 0.717) is 24.0 Å². The second-order valence-electron chi connectivity index (χ2n) is 10.4. The first-order valence-corrected chi connectivity index (χ1v) is 12.1. The third-order valence-corrected chi connectivity index (χ3v) is 6.42. The Morgan fingerprint density at radius 2 is 1.57 bits per heavy atom. The molecule has 174 valence electrons. The van der Waals surface area contributed by atoms with Crippen LogP contribution in [0.3, 0.4) is 0 Å². The molecule has 2 aliphatic carbocycles. The van der Waals surface area contributed by atoms with Crippen LogP contribution in [0.2, 0.25) is 0 Å². The Kier molecular flexibility index (Phi) is 8.84. The molecular formula is C24H43NO5. The second kappa shape index (κ2) is 11.1. The standard InChI is InChI=1S/C24H43NO5/c1-5-6-10-28-20-13-21(14-20)29-11-8-7-9-27-17-18-12-22(18)19-15-25(16-19)23(26)30-24(2,3)4/h18-22H,5-17H2,1-4H3/t18-,20-,21+,22+/m0/s1. The maximum Gasteiger partial charge on any atom is 0.410 e. The number of nitrogens with zero attached hydrogens (tertiary/aromatic N) is 1. The molecule has 2 saturated carbocycles. The predicted octanol–water partition coefficient (Wildman–Crippen LogP) is 4.65. The van der Waals surface area contributed by atoms with Gasteiger partial charge in [0.25, 0.3) is 0 Å². The van der Waals surface area contributed by atoms with Crippen LogP contribution in [0, 0.1) is 17.8 Å². The minimum absolute atomic E-state index is 0.171. The van der Waals surface area contributed by atoms with Gasteiger partial charge in [-0.2, -0.15) is 0 Å². The fraction of sp³-hybridized carbons (Fsp3) is 0.958. The van der Waals surface area contributed by atoms with Gasteiger partial charge in [-0.3, -0.25) is 0 Å². The molecule has 0 aromatic carbocycles. The van der Waals surface area contributed by atoms with Crippen LogP contribution in [-0.2, 0) is 18.9 Å². The fourth-order valence-corrected chi connectivity index (χ4v) is 4.27. The van der Waals surface area contributed by atoms with Crippen LogP contribution >= 0.6 is 0 Å². The lowest BCUT2D eigenvalue weighted by Crippen LogP contribution is -2.52. The Labute approximate surface area is 182 Å².